The third-order valence-electron chi connectivity index (χ3n) is 8.79. The zero-order valence-electron chi connectivity index (χ0n) is 32.6. The second-order valence-electron chi connectivity index (χ2n) is 17.2. The van der Waals surface area contributed by atoms with E-state index in [1.807, 2.05) is 61.5 Å². The standard InChI is InChI=1S/C39H61N3O8/c1-34(2,25-35(3,4)32(46)41-36(5,6)26-49-39(11,12)33(47)40-13)24-27-15-16-28(42-30(44)17-18-31(42)45)23-29(27)50-38(9,10)20-22-48-37(7,8)19-14-21-43/h15-18,21,23H,14,19-20,22,24-26H2,1-13H3,(H,40,47)(H,41,46). The molecule has 50 heavy (non-hydrogen) atoms. The second-order valence-corrected chi connectivity index (χ2v) is 17.2. The number of nitrogens with one attached hydrogen (secondary N) is 2. The summed E-state index contributed by atoms with van der Waals surface area (Å²) in [6.07, 6.45) is 6.02. The smallest absolute Gasteiger partial charge is 0.258 e. The minimum atomic E-state index is -1.05. The fourth-order valence-electron chi connectivity index (χ4n) is 6.07. The van der Waals surface area contributed by atoms with Crippen molar-refractivity contribution in [1.29, 1.82) is 0 Å². The molecule has 11 nitrogen and oxygen atoms in total. The molecule has 1 aliphatic rings. The lowest BCUT2D eigenvalue weighted by atomic mass is 9.71. The Morgan fingerprint density at radius 1 is 0.820 bits per heavy atom. The number of carbonyl (C=O) groups excluding carboxylic acids is 5. The van der Waals surface area contributed by atoms with Gasteiger partial charge in [-0.05, 0) is 91.7 Å². The predicted octanol–water partition coefficient (Wildman–Crippen LogP) is 5.86. The molecule has 0 aromatic heterocycles. The molecule has 1 heterocycles. The van der Waals surface area contributed by atoms with Crippen LogP contribution >= 0.6 is 0 Å². The number of anilines is 1. The van der Waals surface area contributed by atoms with Crippen LogP contribution in [0.15, 0.2) is 30.4 Å². The van der Waals surface area contributed by atoms with Crippen molar-refractivity contribution in [1.82, 2.24) is 10.6 Å². The molecular weight excluding hydrogens is 638 g/mol. The summed E-state index contributed by atoms with van der Waals surface area (Å²) in [5, 5.41) is 5.72. The van der Waals surface area contributed by atoms with E-state index in [2.05, 4.69) is 24.5 Å². The van der Waals surface area contributed by atoms with E-state index < -0.39 is 39.6 Å². The van der Waals surface area contributed by atoms with E-state index in [0.717, 1.165) is 16.7 Å². The highest BCUT2D eigenvalue weighted by Gasteiger charge is 2.39. The number of hydrogen-bond donors (Lipinski definition) is 2. The molecule has 0 fully saturated rings. The summed E-state index contributed by atoms with van der Waals surface area (Å²) >= 11 is 0. The van der Waals surface area contributed by atoms with Crippen molar-refractivity contribution in [2.24, 2.45) is 10.8 Å². The van der Waals surface area contributed by atoms with Crippen molar-refractivity contribution in [3.8, 4) is 5.75 Å². The van der Waals surface area contributed by atoms with Crippen LogP contribution in [0.25, 0.3) is 0 Å². The van der Waals surface area contributed by atoms with Crippen LogP contribution in [-0.2, 0) is 39.9 Å². The molecule has 0 aliphatic carbocycles. The maximum absolute atomic E-state index is 13.7. The van der Waals surface area contributed by atoms with Crippen LogP contribution in [0.4, 0.5) is 5.69 Å². The highest BCUT2D eigenvalue weighted by atomic mass is 16.5. The van der Waals surface area contributed by atoms with Crippen molar-refractivity contribution in [3.63, 3.8) is 0 Å². The van der Waals surface area contributed by atoms with E-state index in [0.29, 0.717) is 50.1 Å². The van der Waals surface area contributed by atoms with Crippen LogP contribution in [0, 0.1) is 10.8 Å². The maximum Gasteiger partial charge on any atom is 0.258 e. The van der Waals surface area contributed by atoms with Gasteiger partial charge in [-0.3, -0.25) is 19.2 Å². The molecule has 0 saturated heterocycles. The summed E-state index contributed by atoms with van der Waals surface area (Å²) in [5.74, 6) is -0.692. The Balaban J connectivity index is 2.28. The van der Waals surface area contributed by atoms with Crippen molar-refractivity contribution < 1.29 is 38.2 Å². The molecule has 1 aliphatic heterocycles. The van der Waals surface area contributed by atoms with E-state index >= 15 is 0 Å². The zero-order chi connectivity index (χ0) is 38.3. The van der Waals surface area contributed by atoms with Gasteiger partial charge >= 0.3 is 0 Å². The number of amides is 4. The fraction of sp³-hybridized carbons (Fsp3) is 0.667. The van der Waals surface area contributed by atoms with Crippen molar-refractivity contribution in [3.05, 3.63) is 35.9 Å². The second kappa shape index (κ2) is 16.2. The van der Waals surface area contributed by atoms with Gasteiger partial charge in [0.1, 0.15) is 23.2 Å². The lowest BCUT2D eigenvalue weighted by molar-refractivity contribution is -0.146. The molecule has 1 aromatic carbocycles. The third kappa shape index (κ3) is 12.6. The number of aldehydes is 1. The van der Waals surface area contributed by atoms with Gasteiger partial charge in [0.05, 0.1) is 30.0 Å². The lowest BCUT2D eigenvalue weighted by Gasteiger charge is -2.38. The molecule has 0 spiro atoms. The van der Waals surface area contributed by atoms with Crippen LogP contribution < -0.4 is 20.3 Å². The van der Waals surface area contributed by atoms with Crippen molar-refractivity contribution >= 4 is 35.6 Å². The van der Waals surface area contributed by atoms with Gasteiger partial charge in [-0.1, -0.05) is 33.8 Å². The van der Waals surface area contributed by atoms with Crippen molar-refractivity contribution in [2.45, 2.75) is 138 Å². The third-order valence-corrected chi connectivity index (χ3v) is 8.79. The van der Waals surface area contributed by atoms with Crippen molar-refractivity contribution in [2.75, 3.05) is 25.2 Å². The number of rotatable bonds is 20. The van der Waals surface area contributed by atoms with E-state index in [1.54, 1.807) is 33.0 Å². The quantitative estimate of drug-likeness (QED) is 0.128. The first-order chi connectivity index (χ1) is 22.8. The van der Waals surface area contributed by atoms with Gasteiger partial charge in [0.25, 0.3) is 17.7 Å². The summed E-state index contributed by atoms with van der Waals surface area (Å²) in [5.41, 5.74) is -2.82. The Morgan fingerprint density at radius 3 is 1.98 bits per heavy atom. The van der Waals surface area contributed by atoms with Gasteiger partial charge in [-0.25, -0.2) is 4.90 Å². The Hall–Kier alpha value is -3.57. The first-order valence-corrected chi connectivity index (χ1v) is 17.4. The molecular formula is C39H61N3O8. The lowest BCUT2D eigenvalue weighted by Crippen LogP contribution is -2.54. The highest BCUT2D eigenvalue weighted by molar-refractivity contribution is 6.28. The van der Waals surface area contributed by atoms with Crippen LogP contribution in [-0.4, -0.2) is 72.5 Å². The van der Waals surface area contributed by atoms with E-state index in [9.17, 15) is 24.0 Å². The normalized spacial score (nSPS) is 14.6. The highest BCUT2D eigenvalue weighted by Crippen LogP contribution is 2.41. The molecule has 280 valence electrons. The maximum atomic E-state index is 13.7. The van der Waals surface area contributed by atoms with Crippen LogP contribution in [0.3, 0.4) is 0 Å². The summed E-state index contributed by atoms with van der Waals surface area (Å²) in [6.45, 7) is 23.5. The Labute approximate surface area is 299 Å². The molecule has 11 heteroatoms. The monoisotopic (exact) mass is 699 g/mol. The molecule has 0 bridgehead atoms. The number of carbonyl (C=O) groups is 5. The number of imide groups is 1. The zero-order valence-corrected chi connectivity index (χ0v) is 32.6. The first kappa shape index (κ1) is 42.6. The minimum Gasteiger partial charge on any atom is -0.487 e. The average Bonchev–Trinajstić information content (AvgIpc) is 3.31. The van der Waals surface area contributed by atoms with E-state index in [1.165, 1.54) is 12.2 Å². The summed E-state index contributed by atoms with van der Waals surface area (Å²) in [6, 6.07) is 5.35. The molecule has 2 N–H and O–H groups in total. The van der Waals surface area contributed by atoms with E-state index in [-0.39, 0.29) is 23.8 Å². The molecule has 1 aromatic rings. The minimum absolute atomic E-state index is 0.139. The predicted molar refractivity (Wildman–Crippen MR) is 195 cm³/mol. The molecule has 0 unspecified atom stereocenters. The van der Waals surface area contributed by atoms with Gasteiger partial charge < -0.3 is 29.6 Å². The number of hydrogen-bond acceptors (Lipinski definition) is 8. The average molecular weight is 700 g/mol. The van der Waals surface area contributed by atoms with Crippen LogP contribution in [0.2, 0.25) is 0 Å². The molecule has 4 amide bonds. The molecule has 0 radical (unpaired) electrons. The number of ether oxygens (including phenoxy) is 3. The number of likely N-dealkylation sites (N-methyl/N-ethyl adjacent to an activating group) is 1. The molecule has 2 rings (SSSR count). The summed E-state index contributed by atoms with van der Waals surface area (Å²) < 4.78 is 18.6. The molecule has 0 saturated carbocycles. The van der Waals surface area contributed by atoms with Crippen LogP contribution in [0.1, 0.15) is 114 Å². The van der Waals surface area contributed by atoms with Crippen LogP contribution in [0.5, 0.6) is 5.75 Å². The topological polar surface area (TPSA) is 140 Å². The SMILES string of the molecule is CNC(=O)C(C)(C)OCC(C)(C)NC(=O)C(C)(C)CC(C)(C)Cc1ccc(N2C(=O)C=CC2=O)cc1OC(C)(C)CCOC(C)(C)CCC=O. The Morgan fingerprint density at radius 2 is 1.42 bits per heavy atom. The van der Waals surface area contributed by atoms with Gasteiger partial charge in [0.15, 0.2) is 0 Å². The summed E-state index contributed by atoms with van der Waals surface area (Å²) in [7, 11) is 1.55. The number of benzene rings is 1. The fourth-order valence-corrected chi connectivity index (χ4v) is 6.07. The van der Waals surface area contributed by atoms with Gasteiger partial charge in [-0.15, -0.1) is 0 Å². The Bertz CT molecular complexity index is 1420. The van der Waals surface area contributed by atoms with E-state index in [4.69, 9.17) is 14.2 Å². The van der Waals surface area contributed by atoms with Gasteiger partial charge in [0.2, 0.25) is 5.91 Å². The van der Waals surface area contributed by atoms with Gasteiger partial charge in [-0.2, -0.15) is 0 Å². The Kier molecular flexibility index (Phi) is 13.8. The number of nitrogens with zero attached hydrogens (tertiary/aromatic N) is 1. The molecule has 0 atom stereocenters. The summed E-state index contributed by atoms with van der Waals surface area (Å²) in [4.78, 5) is 62.9. The first-order valence-electron chi connectivity index (χ1n) is 17.4. The largest absolute Gasteiger partial charge is 0.487 e. The van der Waals surface area contributed by atoms with Gasteiger partial charge in [0, 0.05) is 43.5 Å².